The number of rotatable bonds is 10. The maximum atomic E-state index is 3.03. The molecule has 0 atom stereocenters. The minimum atomic E-state index is 0. The number of unbranched alkanes of at least 4 members (excludes halogenated alkanes) is 6. The molecule has 0 aromatic heterocycles. The summed E-state index contributed by atoms with van der Waals surface area (Å²) in [5.74, 6) is 0. The molecule has 0 fully saturated rings. The first-order valence-corrected chi connectivity index (χ1v) is 9.76. The van der Waals surface area contributed by atoms with Crippen molar-refractivity contribution in [1.29, 1.82) is 0 Å². The predicted octanol–water partition coefficient (Wildman–Crippen LogP) is 7.22. The van der Waals surface area contributed by atoms with E-state index in [1.165, 1.54) is 75.3 Å². The molecule has 1 heteroatoms. The third-order valence-electron chi connectivity index (χ3n) is 4.21. The largest absolute Gasteiger partial charge is 2.00 e. The van der Waals surface area contributed by atoms with Crippen LogP contribution < -0.4 is 0 Å². The Labute approximate surface area is 171 Å². The molecule has 0 aliphatic carbocycles. The maximum absolute atomic E-state index is 3.03. The van der Waals surface area contributed by atoms with E-state index in [9.17, 15) is 0 Å². The molecule has 0 bridgehead atoms. The third-order valence-corrected chi connectivity index (χ3v) is 4.21. The predicted molar refractivity (Wildman–Crippen MR) is 106 cm³/mol. The molecular weight excluding hydrogens is 336 g/mol. The van der Waals surface area contributed by atoms with Crippen LogP contribution in [0.5, 0.6) is 0 Å². The second-order valence-electron chi connectivity index (χ2n) is 6.44. The first kappa shape index (κ1) is 24.2. The first-order chi connectivity index (χ1) is 11.9. The van der Waals surface area contributed by atoms with Crippen molar-refractivity contribution in [2.45, 2.75) is 78.1 Å². The molecule has 0 heterocycles. The number of hydrogen-bond acceptors (Lipinski definition) is 0. The van der Waals surface area contributed by atoms with Crippen molar-refractivity contribution in [2.75, 3.05) is 0 Å². The topological polar surface area (TPSA) is 0 Å². The van der Waals surface area contributed by atoms with Crippen LogP contribution in [-0.4, -0.2) is 0 Å². The van der Waals surface area contributed by atoms with Gasteiger partial charge in [0.15, 0.2) is 0 Å². The Kier molecular flexibility index (Phi) is 17.4. The first-order valence-electron chi connectivity index (χ1n) is 9.76. The van der Waals surface area contributed by atoms with Crippen LogP contribution in [0.1, 0.15) is 76.3 Å². The average molecular weight is 370 g/mol. The fraction of sp³-hybridized carbons (Fsp3) is 0.500. The summed E-state index contributed by atoms with van der Waals surface area (Å²) < 4.78 is 0. The van der Waals surface area contributed by atoms with Crippen molar-refractivity contribution < 1.29 is 21.7 Å². The molecule has 2 aromatic carbocycles. The van der Waals surface area contributed by atoms with E-state index < -0.39 is 0 Å². The molecule has 0 nitrogen and oxygen atoms in total. The third kappa shape index (κ3) is 14.1. The van der Waals surface area contributed by atoms with Crippen LogP contribution in [0.3, 0.4) is 0 Å². The smallest absolute Gasteiger partial charge is 0.184 e. The summed E-state index contributed by atoms with van der Waals surface area (Å²) >= 11 is 0. The molecule has 0 aliphatic heterocycles. The van der Waals surface area contributed by atoms with E-state index in [0.717, 1.165) is 0 Å². The molecule has 0 saturated heterocycles. The van der Waals surface area contributed by atoms with Gasteiger partial charge in [-0.3, -0.25) is 0 Å². The van der Waals surface area contributed by atoms with E-state index >= 15 is 0 Å². The van der Waals surface area contributed by atoms with Crippen LogP contribution in [0, 0.1) is 12.1 Å². The van der Waals surface area contributed by atoms with Crippen LogP contribution >= 0.6 is 0 Å². The van der Waals surface area contributed by atoms with Crippen LogP contribution in [-0.2, 0) is 34.6 Å². The van der Waals surface area contributed by atoms with Crippen molar-refractivity contribution >= 4 is 0 Å². The molecule has 2 rings (SSSR count). The minimum absolute atomic E-state index is 0. The Morgan fingerprint density at radius 3 is 1.24 bits per heavy atom. The van der Waals surface area contributed by atoms with Gasteiger partial charge in [-0.2, -0.15) is 71.8 Å². The molecule has 0 N–H and O–H groups in total. The molecule has 0 unspecified atom stereocenters. The van der Waals surface area contributed by atoms with E-state index in [1.807, 2.05) is 24.3 Å². The van der Waals surface area contributed by atoms with Gasteiger partial charge in [0.2, 0.25) is 0 Å². The van der Waals surface area contributed by atoms with Gasteiger partial charge in [-0.25, -0.2) is 0 Å². The second kappa shape index (κ2) is 18.0. The van der Waals surface area contributed by atoms with Gasteiger partial charge in [-0.1, -0.05) is 78.1 Å². The summed E-state index contributed by atoms with van der Waals surface area (Å²) in [4.78, 5) is 0. The van der Waals surface area contributed by atoms with Gasteiger partial charge in [-0.15, -0.1) is 0 Å². The Balaban J connectivity index is 0.000000443. The van der Waals surface area contributed by atoms with E-state index in [4.69, 9.17) is 0 Å². The molecular formula is C24H34Ti. The summed E-state index contributed by atoms with van der Waals surface area (Å²) in [6.45, 7) is 4.49. The molecule has 25 heavy (non-hydrogen) atoms. The summed E-state index contributed by atoms with van der Waals surface area (Å²) in [6, 6.07) is 22.7. The Bertz CT molecular complexity index is 430. The number of benzene rings is 2. The monoisotopic (exact) mass is 370 g/mol. The van der Waals surface area contributed by atoms with Crippen molar-refractivity contribution in [3.8, 4) is 0 Å². The molecule has 0 aliphatic rings. The Morgan fingerprint density at radius 1 is 0.560 bits per heavy atom. The van der Waals surface area contributed by atoms with Crippen molar-refractivity contribution in [1.82, 2.24) is 0 Å². The summed E-state index contributed by atoms with van der Waals surface area (Å²) in [5, 5.41) is 0. The SMILES string of the molecule is CCCCCCc1cc[c-]cc1.CCCCCCc1cc[c-]cc1.[Ti+2]. The zero-order valence-electron chi connectivity index (χ0n) is 16.2. The summed E-state index contributed by atoms with van der Waals surface area (Å²) in [7, 11) is 0. The van der Waals surface area contributed by atoms with Crippen molar-refractivity contribution in [3.63, 3.8) is 0 Å². The molecule has 0 radical (unpaired) electrons. The second-order valence-corrected chi connectivity index (χ2v) is 6.44. The average Bonchev–Trinajstić information content (AvgIpc) is 2.65. The quantitative estimate of drug-likeness (QED) is 0.235. The van der Waals surface area contributed by atoms with E-state index in [2.05, 4.69) is 50.2 Å². The summed E-state index contributed by atoms with van der Waals surface area (Å²) in [5.41, 5.74) is 2.90. The van der Waals surface area contributed by atoms with Gasteiger partial charge in [0.05, 0.1) is 0 Å². The van der Waals surface area contributed by atoms with Crippen LogP contribution in [0.15, 0.2) is 48.5 Å². The number of aryl methyl sites for hydroxylation is 2. The number of hydrogen-bond donors (Lipinski definition) is 0. The Hall–Kier alpha value is -0.846. The maximum Gasteiger partial charge on any atom is 2.00 e. The van der Waals surface area contributed by atoms with Gasteiger partial charge in [0.1, 0.15) is 0 Å². The normalized spacial score (nSPS) is 9.68. The fourth-order valence-electron chi connectivity index (χ4n) is 2.69. The van der Waals surface area contributed by atoms with Crippen molar-refractivity contribution in [2.24, 2.45) is 0 Å². The van der Waals surface area contributed by atoms with Gasteiger partial charge in [-0.05, 0) is 0 Å². The Morgan fingerprint density at radius 2 is 0.920 bits per heavy atom. The standard InChI is InChI=1S/2C12H17.Ti/c2*1-2-3-4-6-9-12-10-7-5-8-11-12;/h2*7-8,10-11H,2-4,6,9H2,1H3;/q2*-1;+2. The van der Waals surface area contributed by atoms with Gasteiger partial charge >= 0.3 is 21.7 Å². The zero-order chi connectivity index (χ0) is 17.3. The molecule has 0 spiro atoms. The van der Waals surface area contributed by atoms with E-state index in [0.29, 0.717) is 0 Å². The zero-order valence-corrected chi connectivity index (χ0v) is 17.8. The minimum Gasteiger partial charge on any atom is -0.184 e. The molecule has 0 amide bonds. The molecule has 2 aromatic rings. The summed E-state index contributed by atoms with van der Waals surface area (Å²) in [6.07, 6.45) is 13.3. The van der Waals surface area contributed by atoms with Crippen LogP contribution in [0.2, 0.25) is 0 Å². The van der Waals surface area contributed by atoms with E-state index in [1.54, 1.807) is 0 Å². The molecule has 134 valence electrons. The van der Waals surface area contributed by atoms with Crippen molar-refractivity contribution in [3.05, 3.63) is 71.8 Å². The van der Waals surface area contributed by atoms with Gasteiger partial charge < -0.3 is 0 Å². The molecule has 0 saturated carbocycles. The van der Waals surface area contributed by atoms with E-state index in [-0.39, 0.29) is 21.7 Å². The van der Waals surface area contributed by atoms with Gasteiger partial charge in [0.25, 0.3) is 0 Å². The fourth-order valence-corrected chi connectivity index (χ4v) is 2.69. The van der Waals surface area contributed by atoms with Crippen LogP contribution in [0.25, 0.3) is 0 Å². The van der Waals surface area contributed by atoms with Gasteiger partial charge in [0, 0.05) is 0 Å². The van der Waals surface area contributed by atoms with Crippen LogP contribution in [0.4, 0.5) is 0 Å².